The van der Waals surface area contributed by atoms with E-state index in [0.717, 1.165) is 18.5 Å². The van der Waals surface area contributed by atoms with Crippen LogP contribution in [0.3, 0.4) is 0 Å². The molecule has 5 heteroatoms. The van der Waals surface area contributed by atoms with Crippen LogP contribution in [0.4, 0.5) is 0 Å². The maximum atomic E-state index is 11.8. The summed E-state index contributed by atoms with van der Waals surface area (Å²) in [6, 6.07) is 7.28. The van der Waals surface area contributed by atoms with Crippen molar-refractivity contribution in [3.63, 3.8) is 0 Å². The van der Waals surface area contributed by atoms with Gasteiger partial charge in [0.2, 0.25) is 5.91 Å². The second-order valence-electron chi connectivity index (χ2n) is 5.06. The molecule has 0 aliphatic heterocycles. The average molecular weight is 277 g/mol. The van der Waals surface area contributed by atoms with Crippen LogP contribution in [0.2, 0.25) is 0 Å². The summed E-state index contributed by atoms with van der Waals surface area (Å²) < 4.78 is 0. The largest absolute Gasteiger partial charge is 0.355 e. The van der Waals surface area contributed by atoms with E-state index in [9.17, 15) is 9.59 Å². The van der Waals surface area contributed by atoms with Crippen molar-refractivity contribution in [3.05, 3.63) is 35.4 Å². The number of carbonyl (C=O) groups excluding carboxylic acids is 2. The van der Waals surface area contributed by atoms with Crippen LogP contribution in [0.5, 0.6) is 0 Å². The summed E-state index contributed by atoms with van der Waals surface area (Å²) in [7, 11) is 3.98. The fourth-order valence-electron chi connectivity index (χ4n) is 1.73. The van der Waals surface area contributed by atoms with Gasteiger partial charge in [-0.1, -0.05) is 17.7 Å². The van der Waals surface area contributed by atoms with Crippen molar-refractivity contribution < 1.29 is 9.59 Å². The first-order valence-electron chi connectivity index (χ1n) is 6.75. The highest BCUT2D eigenvalue weighted by atomic mass is 16.2. The Morgan fingerprint density at radius 2 is 1.95 bits per heavy atom. The van der Waals surface area contributed by atoms with Crippen LogP contribution in [0.1, 0.15) is 22.3 Å². The predicted molar refractivity (Wildman–Crippen MR) is 79.7 cm³/mol. The molecule has 2 amide bonds. The Kier molecular flexibility index (Phi) is 6.73. The lowest BCUT2D eigenvalue weighted by Crippen LogP contribution is -2.37. The third kappa shape index (κ3) is 6.33. The van der Waals surface area contributed by atoms with E-state index >= 15 is 0 Å². The number of nitrogens with one attached hydrogen (secondary N) is 2. The highest BCUT2D eigenvalue weighted by molar-refractivity contribution is 5.96. The molecule has 0 bridgehead atoms. The number of amides is 2. The summed E-state index contributed by atoms with van der Waals surface area (Å²) in [6.07, 6.45) is 0.893. The van der Waals surface area contributed by atoms with Gasteiger partial charge in [0.1, 0.15) is 0 Å². The molecule has 0 heterocycles. The van der Waals surface area contributed by atoms with Gasteiger partial charge in [-0.3, -0.25) is 9.59 Å². The first kappa shape index (κ1) is 16.2. The number of aryl methyl sites for hydroxylation is 1. The molecule has 110 valence electrons. The Morgan fingerprint density at radius 1 is 1.20 bits per heavy atom. The molecular formula is C15H23N3O2. The van der Waals surface area contributed by atoms with Crippen LogP contribution >= 0.6 is 0 Å². The molecule has 0 aliphatic rings. The summed E-state index contributed by atoms with van der Waals surface area (Å²) >= 11 is 0. The first-order valence-corrected chi connectivity index (χ1v) is 6.75. The van der Waals surface area contributed by atoms with E-state index in [-0.39, 0.29) is 18.4 Å². The molecule has 1 aromatic rings. The smallest absolute Gasteiger partial charge is 0.251 e. The molecule has 0 unspecified atom stereocenters. The summed E-state index contributed by atoms with van der Waals surface area (Å²) in [5.41, 5.74) is 1.59. The number of benzene rings is 1. The number of hydrogen-bond donors (Lipinski definition) is 2. The van der Waals surface area contributed by atoms with Crippen LogP contribution in [-0.4, -0.2) is 50.4 Å². The zero-order valence-electron chi connectivity index (χ0n) is 12.4. The minimum Gasteiger partial charge on any atom is -0.355 e. The van der Waals surface area contributed by atoms with Crippen LogP contribution in [0.25, 0.3) is 0 Å². The second-order valence-corrected chi connectivity index (χ2v) is 5.06. The van der Waals surface area contributed by atoms with E-state index in [1.807, 2.05) is 33.2 Å². The summed E-state index contributed by atoms with van der Waals surface area (Å²) in [4.78, 5) is 25.4. The zero-order valence-corrected chi connectivity index (χ0v) is 12.4. The molecule has 1 rings (SSSR count). The Balaban J connectivity index is 2.25. The van der Waals surface area contributed by atoms with Gasteiger partial charge in [0.25, 0.3) is 5.91 Å². The van der Waals surface area contributed by atoms with E-state index < -0.39 is 0 Å². The Hall–Kier alpha value is -1.88. The minimum absolute atomic E-state index is 0.00867. The molecule has 0 atom stereocenters. The van der Waals surface area contributed by atoms with E-state index in [1.54, 1.807) is 12.1 Å². The molecule has 5 nitrogen and oxygen atoms in total. The first-order chi connectivity index (χ1) is 9.49. The standard InChI is InChI=1S/C15H23N3O2/c1-12-6-4-7-13(10-12)15(20)17-11-14(19)16-8-5-9-18(2)3/h4,6-7,10H,5,8-9,11H2,1-3H3,(H,16,19)(H,17,20). The fourth-order valence-corrected chi connectivity index (χ4v) is 1.73. The molecule has 20 heavy (non-hydrogen) atoms. The van der Waals surface area contributed by atoms with E-state index in [4.69, 9.17) is 0 Å². The summed E-state index contributed by atoms with van der Waals surface area (Å²) in [6.45, 7) is 3.48. The average Bonchev–Trinajstić information content (AvgIpc) is 2.40. The number of rotatable bonds is 7. The Labute approximate surface area is 120 Å². The quantitative estimate of drug-likeness (QED) is 0.725. The van der Waals surface area contributed by atoms with E-state index in [2.05, 4.69) is 15.5 Å². The second kappa shape index (κ2) is 8.32. The molecule has 0 aromatic heterocycles. The predicted octanol–water partition coefficient (Wildman–Crippen LogP) is 0.793. The zero-order chi connectivity index (χ0) is 15.0. The van der Waals surface area contributed by atoms with Crippen molar-refractivity contribution >= 4 is 11.8 Å². The Bertz CT molecular complexity index is 458. The van der Waals surface area contributed by atoms with E-state index in [0.29, 0.717) is 12.1 Å². The van der Waals surface area contributed by atoms with E-state index in [1.165, 1.54) is 0 Å². The van der Waals surface area contributed by atoms with Gasteiger partial charge in [-0.2, -0.15) is 0 Å². The molecule has 0 saturated heterocycles. The van der Waals surface area contributed by atoms with Crippen molar-refractivity contribution in [2.24, 2.45) is 0 Å². The van der Waals surface area contributed by atoms with Gasteiger partial charge in [0.15, 0.2) is 0 Å². The molecule has 0 spiro atoms. The van der Waals surface area contributed by atoms with Gasteiger partial charge in [-0.25, -0.2) is 0 Å². The highest BCUT2D eigenvalue weighted by Gasteiger charge is 2.07. The van der Waals surface area contributed by atoms with Gasteiger partial charge >= 0.3 is 0 Å². The molecule has 1 aromatic carbocycles. The minimum atomic E-state index is -0.225. The molecule has 0 aliphatic carbocycles. The highest BCUT2D eigenvalue weighted by Crippen LogP contribution is 2.03. The molecule has 0 saturated carbocycles. The molecule has 2 N–H and O–H groups in total. The maximum absolute atomic E-state index is 11.8. The lowest BCUT2D eigenvalue weighted by atomic mass is 10.1. The van der Waals surface area contributed by atoms with Crippen LogP contribution in [0, 0.1) is 6.92 Å². The SMILES string of the molecule is Cc1cccc(C(=O)NCC(=O)NCCCN(C)C)c1. The van der Waals surface area contributed by atoms with Crippen LogP contribution in [-0.2, 0) is 4.79 Å². The Morgan fingerprint density at radius 3 is 2.60 bits per heavy atom. The molecule has 0 radical (unpaired) electrons. The normalized spacial score (nSPS) is 10.4. The van der Waals surface area contributed by atoms with Crippen LogP contribution in [0.15, 0.2) is 24.3 Å². The van der Waals surface area contributed by atoms with Crippen molar-refractivity contribution in [2.45, 2.75) is 13.3 Å². The monoisotopic (exact) mass is 277 g/mol. The number of nitrogens with zero attached hydrogens (tertiary/aromatic N) is 1. The maximum Gasteiger partial charge on any atom is 0.251 e. The van der Waals surface area contributed by atoms with Gasteiger partial charge in [-0.15, -0.1) is 0 Å². The summed E-state index contributed by atoms with van der Waals surface area (Å²) in [5, 5.41) is 5.39. The van der Waals surface area contributed by atoms with Gasteiger partial charge < -0.3 is 15.5 Å². The molecular weight excluding hydrogens is 254 g/mol. The van der Waals surface area contributed by atoms with Crippen molar-refractivity contribution in [1.82, 2.24) is 15.5 Å². The van der Waals surface area contributed by atoms with Gasteiger partial charge in [0.05, 0.1) is 6.54 Å². The fraction of sp³-hybridized carbons (Fsp3) is 0.467. The van der Waals surface area contributed by atoms with Crippen molar-refractivity contribution in [3.8, 4) is 0 Å². The van der Waals surface area contributed by atoms with Crippen LogP contribution < -0.4 is 10.6 Å². The third-order valence-corrected chi connectivity index (χ3v) is 2.79. The molecule has 0 fully saturated rings. The lowest BCUT2D eigenvalue weighted by Gasteiger charge is -2.10. The lowest BCUT2D eigenvalue weighted by molar-refractivity contribution is -0.120. The van der Waals surface area contributed by atoms with Crippen molar-refractivity contribution in [1.29, 1.82) is 0 Å². The summed E-state index contributed by atoms with van der Waals surface area (Å²) in [5.74, 6) is -0.387. The topological polar surface area (TPSA) is 61.4 Å². The van der Waals surface area contributed by atoms with Gasteiger partial charge in [0, 0.05) is 12.1 Å². The van der Waals surface area contributed by atoms with Crippen molar-refractivity contribution in [2.75, 3.05) is 33.7 Å². The third-order valence-electron chi connectivity index (χ3n) is 2.79. The van der Waals surface area contributed by atoms with Gasteiger partial charge in [-0.05, 0) is 46.1 Å². The number of hydrogen-bond acceptors (Lipinski definition) is 3. The number of carbonyl (C=O) groups is 2.